The van der Waals surface area contributed by atoms with Gasteiger partial charge in [0.2, 0.25) is 0 Å². The molecule has 2 atom stereocenters. The average molecular weight is 202 g/mol. The number of nitrogens with two attached hydrogens (primary N) is 1. The third-order valence-corrected chi connectivity index (χ3v) is 2.80. The molecule has 4 nitrogen and oxygen atoms in total. The summed E-state index contributed by atoms with van der Waals surface area (Å²) < 4.78 is 5.40. The van der Waals surface area contributed by atoms with Crippen LogP contribution in [0.5, 0.6) is 0 Å². The minimum atomic E-state index is -0.773. The van der Waals surface area contributed by atoms with Crippen molar-refractivity contribution >= 4 is 0 Å². The number of morpholine rings is 1. The van der Waals surface area contributed by atoms with Gasteiger partial charge in [0, 0.05) is 25.7 Å². The summed E-state index contributed by atoms with van der Waals surface area (Å²) in [5, 5.41) is 9.88. The number of hydrogen-bond acceptors (Lipinski definition) is 4. The topological polar surface area (TPSA) is 58.7 Å². The van der Waals surface area contributed by atoms with Gasteiger partial charge in [-0.2, -0.15) is 0 Å². The highest BCUT2D eigenvalue weighted by atomic mass is 16.5. The van der Waals surface area contributed by atoms with Gasteiger partial charge in [0.05, 0.1) is 18.8 Å². The highest BCUT2D eigenvalue weighted by Gasteiger charge is 2.28. The lowest BCUT2D eigenvalue weighted by molar-refractivity contribution is -0.0508. The average Bonchev–Trinajstić information content (AvgIpc) is 2.18. The Morgan fingerprint density at radius 3 is 2.93 bits per heavy atom. The molecular formula is C10H22N2O2. The second-order valence-electron chi connectivity index (χ2n) is 4.31. The zero-order chi connectivity index (χ0) is 10.6. The van der Waals surface area contributed by atoms with E-state index in [-0.39, 0.29) is 0 Å². The third kappa shape index (κ3) is 3.20. The number of ether oxygens (including phenoxy) is 1. The molecule has 1 heterocycles. The molecule has 1 aliphatic heterocycles. The second-order valence-corrected chi connectivity index (χ2v) is 4.31. The summed E-state index contributed by atoms with van der Waals surface area (Å²) in [5.74, 6) is 0. The molecule has 14 heavy (non-hydrogen) atoms. The van der Waals surface area contributed by atoms with Gasteiger partial charge in [-0.1, -0.05) is 6.92 Å². The molecule has 0 radical (unpaired) electrons. The zero-order valence-corrected chi connectivity index (χ0v) is 9.20. The Hall–Kier alpha value is -0.160. The van der Waals surface area contributed by atoms with Crippen LogP contribution in [-0.4, -0.2) is 54.5 Å². The van der Waals surface area contributed by atoms with Crippen LogP contribution in [0.3, 0.4) is 0 Å². The van der Waals surface area contributed by atoms with Gasteiger partial charge in [0.15, 0.2) is 0 Å². The van der Waals surface area contributed by atoms with Crippen molar-refractivity contribution in [3.05, 3.63) is 0 Å². The van der Waals surface area contributed by atoms with Gasteiger partial charge in [0.1, 0.15) is 0 Å². The Kier molecular flexibility index (Phi) is 4.31. The van der Waals surface area contributed by atoms with Crippen LogP contribution in [0.2, 0.25) is 0 Å². The molecule has 1 saturated heterocycles. The first-order chi connectivity index (χ1) is 6.59. The summed E-state index contributed by atoms with van der Waals surface area (Å²) in [6.45, 7) is 7.31. The van der Waals surface area contributed by atoms with E-state index in [0.29, 0.717) is 19.1 Å². The molecule has 0 aliphatic carbocycles. The molecule has 1 fully saturated rings. The Balaban J connectivity index is 2.48. The fourth-order valence-electron chi connectivity index (χ4n) is 1.78. The van der Waals surface area contributed by atoms with Crippen molar-refractivity contribution in [1.29, 1.82) is 0 Å². The molecule has 84 valence electrons. The van der Waals surface area contributed by atoms with Gasteiger partial charge in [-0.3, -0.25) is 4.90 Å². The van der Waals surface area contributed by atoms with E-state index in [9.17, 15) is 5.11 Å². The van der Waals surface area contributed by atoms with Crippen molar-refractivity contribution in [2.45, 2.75) is 31.9 Å². The monoisotopic (exact) mass is 202 g/mol. The lowest BCUT2D eigenvalue weighted by Gasteiger charge is -2.39. The lowest BCUT2D eigenvalue weighted by atomic mass is 10.0. The van der Waals surface area contributed by atoms with Crippen molar-refractivity contribution in [3.63, 3.8) is 0 Å². The predicted molar refractivity (Wildman–Crippen MR) is 56.1 cm³/mol. The smallest absolute Gasteiger partial charge is 0.0867 e. The molecule has 0 aromatic heterocycles. The van der Waals surface area contributed by atoms with Gasteiger partial charge >= 0.3 is 0 Å². The van der Waals surface area contributed by atoms with Gasteiger partial charge in [-0.05, 0) is 13.3 Å². The number of hydrogen-bond donors (Lipinski definition) is 2. The second kappa shape index (κ2) is 5.07. The van der Waals surface area contributed by atoms with Crippen LogP contribution in [-0.2, 0) is 4.74 Å². The number of aliphatic hydroxyl groups is 1. The molecule has 0 spiro atoms. The van der Waals surface area contributed by atoms with E-state index in [1.54, 1.807) is 6.92 Å². The van der Waals surface area contributed by atoms with Crippen molar-refractivity contribution < 1.29 is 9.84 Å². The SMILES string of the molecule is CCC1COCCN1CC(C)(O)CN. The molecule has 0 bridgehead atoms. The van der Waals surface area contributed by atoms with E-state index in [2.05, 4.69) is 11.8 Å². The highest BCUT2D eigenvalue weighted by Crippen LogP contribution is 2.14. The van der Waals surface area contributed by atoms with Crippen LogP contribution in [0, 0.1) is 0 Å². The maximum atomic E-state index is 9.88. The minimum Gasteiger partial charge on any atom is -0.388 e. The van der Waals surface area contributed by atoms with Crippen molar-refractivity contribution in [2.75, 3.05) is 32.8 Å². The van der Waals surface area contributed by atoms with Crippen LogP contribution in [0.4, 0.5) is 0 Å². The summed E-state index contributed by atoms with van der Waals surface area (Å²) in [6, 6.07) is 0.432. The molecular weight excluding hydrogens is 180 g/mol. The van der Waals surface area contributed by atoms with Crippen molar-refractivity contribution in [1.82, 2.24) is 4.90 Å². The maximum absolute atomic E-state index is 9.88. The molecule has 1 aliphatic rings. The fraction of sp³-hybridized carbons (Fsp3) is 1.00. The Bertz CT molecular complexity index is 174. The minimum absolute atomic E-state index is 0.306. The summed E-state index contributed by atoms with van der Waals surface area (Å²) in [5.41, 5.74) is 4.73. The quantitative estimate of drug-likeness (QED) is 0.663. The van der Waals surface area contributed by atoms with E-state index in [4.69, 9.17) is 10.5 Å². The van der Waals surface area contributed by atoms with E-state index >= 15 is 0 Å². The summed E-state index contributed by atoms with van der Waals surface area (Å²) >= 11 is 0. The van der Waals surface area contributed by atoms with Crippen LogP contribution in [0.1, 0.15) is 20.3 Å². The Morgan fingerprint density at radius 2 is 2.36 bits per heavy atom. The molecule has 0 amide bonds. The number of rotatable bonds is 4. The lowest BCUT2D eigenvalue weighted by Crippen LogP contribution is -2.53. The summed E-state index contributed by atoms with van der Waals surface area (Å²) in [7, 11) is 0. The van der Waals surface area contributed by atoms with Gasteiger partial charge in [-0.15, -0.1) is 0 Å². The predicted octanol–water partition coefficient (Wildman–Crippen LogP) is -0.193. The Morgan fingerprint density at radius 1 is 1.64 bits per heavy atom. The molecule has 0 aromatic carbocycles. The van der Waals surface area contributed by atoms with E-state index in [0.717, 1.165) is 26.2 Å². The molecule has 2 unspecified atom stereocenters. The summed E-state index contributed by atoms with van der Waals surface area (Å²) in [4.78, 5) is 2.27. The Labute approximate surface area is 86.0 Å². The third-order valence-electron chi connectivity index (χ3n) is 2.80. The van der Waals surface area contributed by atoms with Crippen LogP contribution < -0.4 is 5.73 Å². The normalized spacial score (nSPS) is 28.7. The molecule has 0 saturated carbocycles. The molecule has 1 rings (SSSR count). The highest BCUT2D eigenvalue weighted by molar-refractivity contribution is 4.83. The molecule has 3 N–H and O–H groups in total. The first kappa shape index (κ1) is 11.9. The molecule has 4 heteroatoms. The van der Waals surface area contributed by atoms with E-state index < -0.39 is 5.60 Å². The standard InChI is InChI=1S/C10H22N2O2/c1-3-9-6-14-5-4-12(9)8-10(2,13)7-11/h9,13H,3-8,11H2,1-2H3. The zero-order valence-electron chi connectivity index (χ0n) is 9.20. The van der Waals surface area contributed by atoms with Gasteiger partial charge < -0.3 is 15.6 Å². The van der Waals surface area contributed by atoms with Crippen LogP contribution in [0.15, 0.2) is 0 Å². The maximum Gasteiger partial charge on any atom is 0.0867 e. The van der Waals surface area contributed by atoms with Gasteiger partial charge in [0.25, 0.3) is 0 Å². The summed E-state index contributed by atoms with van der Waals surface area (Å²) in [6.07, 6.45) is 1.06. The van der Waals surface area contributed by atoms with Crippen LogP contribution in [0.25, 0.3) is 0 Å². The largest absolute Gasteiger partial charge is 0.388 e. The van der Waals surface area contributed by atoms with Crippen molar-refractivity contribution in [2.24, 2.45) is 5.73 Å². The first-order valence-electron chi connectivity index (χ1n) is 5.33. The first-order valence-corrected chi connectivity index (χ1v) is 5.33. The molecule has 0 aromatic rings. The van der Waals surface area contributed by atoms with Gasteiger partial charge in [-0.25, -0.2) is 0 Å². The number of β-amino-alcohol motifs (C(OH)–C–C–N with tert-alkyl or cyclic N) is 1. The van der Waals surface area contributed by atoms with Crippen LogP contribution >= 0.6 is 0 Å². The van der Waals surface area contributed by atoms with E-state index in [1.165, 1.54) is 0 Å². The van der Waals surface area contributed by atoms with Crippen molar-refractivity contribution in [3.8, 4) is 0 Å². The number of nitrogens with zero attached hydrogens (tertiary/aromatic N) is 1. The van der Waals surface area contributed by atoms with E-state index in [1.807, 2.05) is 0 Å². The fourth-order valence-corrected chi connectivity index (χ4v) is 1.78.